The number of benzene rings is 1. The zero-order chi connectivity index (χ0) is 16.2. The van der Waals surface area contributed by atoms with Crippen molar-refractivity contribution in [2.24, 2.45) is 0 Å². The van der Waals surface area contributed by atoms with Crippen molar-refractivity contribution in [3.05, 3.63) is 30.3 Å². The summed E-state index contributed by atoms with van der Waals surface area (Å²) >= 11 is 1.11. The molecule has 0 saturated heterocycles. The fourth-order valence-corrected chi connectivity index (χ4v) is 2.51. The van der Waals surface area contributed by atoms with Crippen molar-refractivity contribution >= 4 is 23.7 Å². The molecule has 23 heavy (non-hydrogen) atoms. The van der Waals surface area contributed by atoms with E-state index in [0.29, 0.717) is 5.89 Å². The highest BCUT2D eigenvalue weighted by Gasteiger charge is 2.25. The second kappa shape index (κ2) is 6.82. The van der Waals surface area contributed by atoms with Crippen LogP contribution in [0.3, 0.4) is 0 Å². The van der Waals surface area contributed by atoms with Crippen molar-refractivity contribution < 1.29 is 14.0 Å². The Hall–Kier alpha value is -2.35. The van der Waals surface area contributed by atoms with Gasteiger partial charge in [0, 0.05) is 11.6 Å². The normalized spacial score (nSPS) is 15.0. The molecule has 1 aromatic heterocycles. The molecule has 1 saturated carbocycles. The number of carbonyl (C=O) groups is 2. The van der Waals surface area contributed by atoms with Crippen LogP contribution in [-0.2, 0) is 4.79 Å². The molecule has 0 spiro atoms. The van der Waals surface area contributed by atoms with Gasteiger partial charge in [-0.15, -0.1) is 10.2 Å². The van der Waals surface area contributed by atoms with E-state index in [-0.39, 0.29) is 11.3 Å². The molecule has 2 N–H and O–H groups in total. The van der Waals surface area contributed by atoms with E-state index in [9.17, 15) is 9.59 Å². The minimum absolute atomic E-state index is 0.204. The Morgan fingerprint density at radius 2 is 2.00 bits per heavy atom. The maximum absolute atomic E-state index is 12.0. The smallest absolute Gasteiger partial charge is 0.321 e. The van der Waals surface area contributed by atoms with Gasteiger partial charge < -0.3 is 9.73 Å². The first-order valence-electron chi connectivity index (χ1n) is 7.29. The quantitative estimate of drug-likeness (QED) is 0.815. The molecule has 1 aliphatic rings. The highest BCUT2D eigenvalue weighted by molar-refractivity contribution is 8.00. The molecular weight excluding hydrogens is 316 g/mol. The van der Waals surface area contributed by atoms with Gasteiger partial charge in [0.1, 0.15) is 0 Å². The fourth-order valence-electron chi connectivity index (χ4n) is 1.82. The lowest BCUT2D eigenvalue weighted by Gasteiger charge is -2.09. The molecule has 1 heterocycles. The summed E-state index contributed by atoms with van der Waals surface area (Å²) in [4.78, 5) is 23.5. The largest absolute Gasteiger partial charge is 0.411 e. The minimum atomic E-state index is -0.524. The summed E-state index contributed by atoms with van der Waals surface area (Å²) in [7, 11) is 0. The molecule has 0 aliphatic heterocycles. The molecule has 120 valence electrons. The van der Waals surface area contributed by atoms with Crippen molar-refractivity contribution in [2.45, 2.75) is 36.3 Å². The number of amides is 3. The Labute approximate surface area is 137 Å². The first-order chi connectivity index (χ1) is 11.1. The predicted molar refractivity (Wildman–Crippen MR) is 84.7 cm³/mol. The molecule has 1 aliphatic carbocycles. The summed E-state index contributed by atoms with van der Waals surface area (Å²) in [6.45, 7) is 1.68. The van der Waals surface area contributed by atoms with E-state index in [0.717, 1.165) is 30.2 Å². The van der Waals surface area contributed by atoms with Crippen molar-refractivity contribution in [3.63, 3.8) is 0 Å². The molecule has 1 atom stereocenters. The molecule has 2 aromatic rings. The highest BCUT2D eigenvalue weighted by atomic mass is 32.2. The zero-order valence-electron chi connectivity index (χ0n) is 12.5. The number of thioether (sulfide) groups is 1. The number of urea groups is 1. The molecule has 1 unspecified atom stereocenters. The van der Waals surface area contributed by atoms with Gasteiger partial charge in [0.25, 0.3) is 5.22 Å². The van der Waals surface area contributed by atoms with Gasteiger partial charge in [-0.2, -0.15) is 0 Å². The molecule has 3 amide bonds. The number of nitrogens with one attached hydrogen (secondary N) is 2. The number of hydrogen-bond donors (Lipinski definition) is 2. The Kier molecular flexibility index (Phi) is 4.61. The Morgan fingerprint density at radius 1 is 1.26 bits per heavy atom. The lowest BCUT2D eigenvalue weighted by molar-refractivity contribution is -0.119. The first kappa shape index (κ1) is 15.5. The summed E-state index contributed by atoms with van der Waals surface area (Å²) in [6.07, 6.45) is 1.94. The van der Waals surface area contributed by atoms with Crippen LogP contribution in [0.25, 0.3) is 11.5 Å². The molecule has 1 fully saturated rings. The number of imide groups is 1. The third-order valence-corrected chi connectivity index (χ3v) is 4.16. The van der Waals surface area contributed by atoms with Crippen LogP contribution in [0.5, 0.6) is 0 Å². The summed E-state index contributed by atoms with van der Waals surface area (Å²) in [5.41, 5.74) is 0.813. The SMILES string of the molecule is CC(Sc1nnc(-c2ccccc2)o1)C(=O)NC(=O)NC1CC1. The van der Waals surface area contributed by atoms with Gasteiger partial charge >= 0.3 is 6.03 Å². The number of hydrogen-bond acceptors (Lipinski definition) is 6. The van der Waals surface area contributed by atoms with Crippen LogP contribution >= 0.6 is 11.8 Å². The molecule has 3 rings (SSSR count). The van der Waals surface area contributed by atoms with E-state index in [1.54, 1.807) is 6.92 Å². The van der Waals surface area contributed by atoms with Crippen molar-refractivity contribution in [1.82, 2.24) is 20.8 Å². The van der Waals surface area contributed by atoms with Crippen LogP contribution in [0.15, 0.2) is 40.0 Å². The van der Waals surface area contributed by atoms with Crippen LogP contribution < -0.4 is 10.6 Å². The second-order valence-corrected chi connectivity index (χ2v) is 6.53. The first-order valence-corrected chi connectivity index (χ1v) is 8.17. The molecule has 0 bridgehead atoms. The topological polar surface area (TPSA) is 97.1 Å². The predicted octanol–water partition coefficient (Wildman–Crippen LogP) is 2.21. The average Bonchev–Trinajstić information content (AvgIpc) is 3.23. The van der Waals surface area contributed by atoms with Crippen LogP contribution in [-0.4, -0.2) is 33.4 Å². The van der Waals surface area contributed by atoms with Gasteiger partial charge in [-0.05, 0) is 31.9 Å². The van der Waals surface area contributed by atoms with E-state index < -0.39 is 17.2 Å². The van der Waals surface area contributed by atoms with Crippen LogP contribution in [0.1, 0.15) is 19.8 Å². The summed E-state index contributed by atoms with van der Waals surface area (Å²) in [5, 5.41) is 12.6. The maximum Gasteiger partial charge on any atom is 0.321 e. The van der Waals surface area contributed by atoms with E-state index in [1.165, 1.54) is 0 Å². The van der Waals surface area contributed by atoms with E-state index in [4.69, 9.17) is 4.42 Å². The molecule has 0 radical (unpaired) electrons. The zero-order valence-corrected chi connectivity index (χ0v) is 13.3. The van der Waals surface area contributed by atoms with Gasteiger partial charge in [-0.1, -0.05) is 30.0 Å². The minimum Gasteiger partial charge on any atom is -0.411 e. The van der Waals surface area contributed by atoms with Crippen molar-refractivity contribution in [2.75, 3.05) is 0 Å². The van der Waals surface area contributed by atoms with Crippen LogP contribution in [0, 0.1) is 0 Å². The van der Waals surface area contributed by atoms with E-state index >= 15 is 0 Å². The maximum atomic E-state index is 12.0. The molecular formula is C15H16N4O3S. The molecule has 1 aromatic carbocycles. The van der Waals surface area contributed by atoms with Gasteiger partial charge in [-0.25, -0.2) is 4.79 Å². The standard InChI is InChI=1S/C15H16N4O3S/c1-9(12(20)17-14(21)16-11-7-8-11)23-15-19-18-13(22-15)10-5-3-2-4-6-10/h2-6,9,11H,7-8H2,1H3,(H2,16,17,20,21). The average molecular weight is 332 g/mol. The third kappa shape index (κ3) is 4.32. The van der Waals surface area contributed by atoms with Gasteiger partial charge in [0.05, 0.1) is 5.25 Å². The van der Waals surface area contributed by atoms with Gasteiger partial charge in [-0.3, -0.25) is 10.1 Å². The third-order valence-electron chi connectivity index (χ3n) is 3.22. The van der Waals surface area contributed by atoms with E-state index in [1.807, 2.05) is 30.3 Å². The van der Waals surface area contributed by atoms with Crippen LogP contribution in [0.2, 0.25) is 0 Å². The lowest BCUT2D eigenvalue weighted by atomic mass is 10.2. The van der Waals surface area contributed by atoms with Gasteiger partial charge in [0.2, 0.25) is 11.8 Å². The number of carbonyl (C=O) groups excluding carboxylic acids is 2. The summed E-state index contributed by atoms with van der Waals surface area (Å²) in [6, 6.07) is 9.12. The van der Waals surface area contributed by atoms with Crippen molar-refractivity contribution in [3.8, 4) is 11.5 Å². The summed E-state index contributed by atoms with van der Waals surface area (Å²) < 4.78 is 5.53. The number of nitrogens with zero attached hydrogens (tertiary/aromatic N) is 2. The van der Waals surface area contributed by atoms with E-state index in [2.05, 4.69) is 20.8 Å². The Balaban J connectivity index is 1.55. The number of aromatic nitrogens is 2. The highest BCUT2D eigenvalue weighted by Crippen LogP contribution is 2.26. The summed E-state index contributed by atoms with van der Waals surface area (Å²) in [5.74, 6) is -0.000189. The number of rotatable bonds is 5. The molecule has 8 heteroatoms. The van der Waals surface area contributed by atoms with Gasteiger partial charge in [0.15, 0.2) is 0 Å². The molecule has 7 nitrogen and oxygen atoms in total. The Bertz CT molecular complexity index is 700. The Morgan fingerprint density at radius 3 is 2.70 bits per heavy atom. The second-order valence-electron chi connectivity index (χ2n) is 5.24. The monoisotopic (exact) mass is 332 g/mol. The van der Waals surface area contributed by atoms with Crippen molar-refractivity contribution in [1.29, 1.82) is 0 Å². The fraction of sp³-hybridized carbons (Fsp3) is 0.333. The van der Waals surface area contributed by atoms with Crippen LogP contribution in [0.4, 0.5) is 4.79 Å². The lowest BCUT2D eigenvalue weighted by Crippen LogP contribution is -2.43.